The molecule has 0 spiro atoms. The molecule has 2 N–H and O–H groups in total. The molecule has 0 amide bonds. The predicted octanol–water partition coefficient (Wildman–Crippen LogP) is 2.40. The van der Waals surface area contributed by atoms with E-state index in [4.69, 9.17) is 5.73 Å². The quantitative estimate of drug-likeness (QED) is 0.601. The first kappa shape index (κ1) is 13.5. The molecule has 0 atom stereocenters. The van der Waals surface area contributed by atoms with Crippen molar-refractivity contribution in [1.29, 1.82) is 0 Å². The molecule has 1 aromatic rings. The second kappa shape index (κ2) is 7.85. The first-order chi connectivity index (χ1) is 7.15. The molecular weight excluding hydrogens is 190 g/mol. The Morgan fingerprint density at radius 2 is 1.87 bits per heavy atom. The Morgan fingerprint density at radius 3 is 2.33 bits per heavy atom. The highest BCUT2D eigenvalue weighted by Crippen LogP contribution is 2.11. The Morgan fingerprint density at radius 1 is 1.33 bits per heavy atom. The summed E-state index contributed by atoms with van der Waals surface area (Å²) in [6.07, 6.45) is 1.49. The van der Waals surface area contributed by atoms with Gasteiger partial charge in [-0.25, -0.2) is 0 Å². The van der Waals surface area contributed by atoms with Crippen molar-refractivity contribution in [3.05, 3.63) is 29.8 Å². The fraction of sp³-hybridized carbons (Fsp3) is 0.417. The first-order valence-corrected chi connectivity index (χ1v) is 5.05. The SMILES string of the molecule is CCC.COC(=O)Cc1ccccc1N. The molecule has 0 radical (unpaired) electrons. The predicted molar refractivity (Wildman–Crippen MR) is 62.5 cm³/mol. The average Bonchev–Trinajstić information content (AvgIpc) is 2.22. The number of nitrogen functional groups attached to an aromatic ring is 1. The van der Waals surface area contributed by atoms with Crippen LogP contribution in [0.25, 0.3) is 0 Å². The van der Waals surface area contributed by atoms with Crippen molar-refractivity contribution < 1.29 is 9.53 Å². The number of hydrogen-bond donors (Lipinski definition) is 1. The normalized spacial score (nSPS) is 8.73. The van der Waals surface area contributed by atoms with Crippen LogP contribution in [0.2, 0.25) is 0 Å². The van der Waals surface area contributed by atoms with Crippen molar-refractivity contribution in [3.63, 3.8) is 0 Å². The number of methoxy groups -OCH3 is 1. The standard InChI is InChI=1S/C9H11NO2.C3H8/c1-12-9(11)6-7-4-2-3-5-8(7)10;1-3-2/h2-5H,6,10H2,1H3;3H2,1-2H3. The molecule has 15 heavy (non-hydrogen) atoms. The number of benzene rings is 1. The van der Waals surface area contributed by atoms with Crippen LogP contribution in [0.3, 0.4) is 0 Å². The second-order valence-corrected chi connectivity index (χ2v) is 3.16. The lowest BCUT2D eigenvalue weighted by molar-refractivity contribution is -0.139. The Hall–Kier alpha value is -1.51. The van der Waals surface area contributed by atoms with E-state index >= 15 is 0 Å². The zero-order valence-corrected chi connectivity index (χ0v) is 9.62. The zero-order chi connectivity index (χ0) is 11.7. The van der Waals surface area contributed by atoms with Crippen LogP contribution in [-0.2, 0) is 16.0 Å². The number of hydrogen-bond acceptors (Lipinski definition) is 3. The van der Waals surface area contributed by atoms with Gasteiger partial charge in [-0.3, -0.25) is 4.79 Å². The molecule has 0 unspecified atom stereocenters. The number of carbonyl (C=O) groups is 1. The van der Waals surface area contributed by atoms with Crippen LogP contribution in [0, 0.1) is 0 Å². The highest BCUT2D eigenvalue weighted by atomic mass is 16.5. The van der Waals surface area contributed by atoms with Gasteiger partial charge in [0.2, 0.25) is 0 Å². The van der Waals surface area contributed by atoms with Crippen molar-refractivity contribution in [2.45, 2.75) is 26.7 Å². The Balaban J connectivity index is 0.000000583. The molecule has 0 aliphatic carbocycles. The van der Waals surface area contributed by atoms with E-state index in [0.717, 1.165) is 5.56 Å². The molecule has 0 aliphatic heterocycles. The van der Waals surface area contributed by atoms with Gasteiger partial charge >= 0.3 is 5.97 Å². The minimum absolute atomic E-state index is 0.239. The van der Waals surface area contributed by atoms with Gasteiger partial charge in [-0.1, -0.05) is 38.5 Å². The summed E-state index contributed by atoms with van der Waals surface area (Å²) in [7, 11) is 1.36. The maximum Gasteiger partial charge on any atom is 0.310 e. The fourth-order valence-electron chi connectivity index (χ4n) is 0.923. The number of nitrogens with two attached hydrogens (primary N) is 1. The van der Waals surface area contributed by atoms with Crippen LogP contribution in [0.15, 0.2) is 24.3 Å². The molecule has 0 aliphatic rings. The maximum absolute atomic E-state index is 10.9. The summed E-state index contributed by atoms with van der Waals surface area (Å²) in [4.78, 5) is 10.9. The molecule has 3 nitrogen and oxygen atoms in total. The summed E-state index contributed by atoms with van der Waals surface area (Å²) in [6, 6.07) is 7.25. The van der Waals surface area contributed by atoms with Crippen molar-refractivity contribution in [3.8, 4) is 0 Å². The van der Waals surface area contributed by atoms with Crippen molar-refractivity contribution >= 4 is 11.7 Å². The third-order valence-corrected chi connectivity index (χ3v) is 1.62. The Labute approximate surface area is 91.2 Å². The monoisotopic (exact) mass is 209 g/mol. The van der Waals surface area contributed by atoms with E-state index in [9.17, 15) is 4.79 Å². The molecule has 0 aromatic heterocycles. The van der Waals surface area contributed by atoms with Gasteiger partial charge in [0, 0.05) is 5.69 Å². The third-order valence-electron chi connectivity index (χ3n) is 1.62. The third kappa shape index (κ3) is 5.73. The van der Waals surface area contributed by atoms with E-state index in [1.807, 2.05) is 18.2 Å². The molecule has 0 heterocycles. The van der Waals surface area contributed by atoms with Crippen LogP contribution in [-0.4, -0.2) is 13.1 Å². The number of carbonyl (C=O) groups excluding carboxylic acids is 1. The van der Waals surface area contributed by atoms with E-state index in [0.29, 0.717) is 5.69 Å². The number of anilines is 1. The number of esters is 1. The lowest BCUT2D eigenvalue weighted by Crippen LogP contribution is -2.06. The van der Waals surface area contributed by atoms with Crippen LogP contribution < -0.4 is 5.73 Å². The minimum Gasteiger partial charge on any atom is -0.469 e. The zero-order valence-electron chi connectivity index (χ0n) is 9.62. The van der Waals surface area contributed by atoms with E-state index in [2.05, 4.69) is 18.6 Å². The van der Waals surface area contributed by atoms with Gasteiger partial charge in [0.25, 0.3) is 0 Å². The van der Waals surface area contributed by atoms with Gasteiger partial charge in [-0.05, 0) is 11.6 Å². The Kier molecular flexibility index (Phi) is 7.06. The molecule has 0 fully saturated rings. The van der Waals surface area contributed by atoms with Crippen molar-refractivity contribution in [1.82, 2.24) is 0 Å². The van der Waals surface area contributed by atoms with Gasteiger partial charge in [0.05, 0.1) is 13.5 Å². The summed E-state index contributed by atoms with van der Waals surface area (Å²) in [5.74, 6) is -0.270. The molecule has 1 aromatic carbocycles. The second-order valence-electron chi connectivity index (χ2n) is 3.16. The maximum atomic E-state index is 10.9. The van der Waals surface area contributed by atoms with Gasteiger partial charge < -0.3 is 10.5 Å². The van der Waals surface area contributed by atoms with Gasteiger partial charge in [0.1, 0.15) is 0 Å². The van der Waals surface area contributed by atoms with Gasteiger partial charge in [-0.2, -0.15) is 0 Å². The number of ether oxygens (including phenoxy) is 1. The minimum atomic E-state index is -0.270. The lowest BCUT2D eigenvalue weighted by atomic mass is 10.1. The molecule has 0 saturated heterocycles. The summed E-state index contributed by atoms with van der Waals surface area (Å²) < 4.78 is 4.51. The van der Waals surface area contributed by atoms with Crippen LogP contribution in [0.1, 0.15) is 25.8 Å². The van der Waals surface area contributed by atoms with Crippen LogP contribution in [0.4, 0.5) is 5.69 Å². The molecular formula is C12H19NO2. The Bertz CT molecular complexity index is 297. The molecule has 84 valence electrons. The number of rotatable bonds is 2. The van der Waals surface area contributed by atoms with Crippen molar-refractivity contribution in [2.75, 3.05) is 12.8 Å². The summed E-state index contributed by atoms with van der Waals surface area (Å²) in [5, 5.41) is 0. The summed E-state index contributed by atoms with van der Waals surface area (Å²) >= 11 is 0. The van der Waals surface area contributed by atoms with Gasteiger partial charge in [-0.15, -0.1) is 0 Å². The highest BCUT2D eigenvalue weighted by molar-refractivity contribution is 5.74. The summed E-state index contributed by atoms with van der Waals surface area (Å²) in [6.45, 7) is 4.25. The lowest BCUT2D eigenvalue weighted by Gasteiger charge is -2.02. The van der Waals surface area contributed by atoms with Crippen molar-refractivity contribution in [2.24, 2.45) is 0 Å². The molecule has 3 heteroatoms. The fourth-order valence-corrected chi connectivity index (χ4v) is 0.923. The molecule has 1 rings (SSSR count). The van der Waals surface area contributed by atoms with E-state index < -0.39 is 0 Å². The topological polar surface area (TPSA) is 52.3 Å². The van der Waals surface area contributed by atoms with E-state index in [1.165, 1.54) is 13.5 Å². The largest absolute Gasteiger partial charge is 0.469 e. The average molecular weight is 209 g/mol. The molecule has 0 saturated carbocycles. The highest BCUT2D eigenvalue weighted by Gasteiger charge is 2.04. The number of para-hydroxylation sites is 1. The smallest absolute Gasteiger partial charge is 0.310 e. The van der Waals surface area contributed by atoms with Crippen LogP contribution in [0.5, 0.6) is 0 Å². The van der Waals surface area contributed by atoms with E-state index in [1.54, 1.807) is 6.07 Å². The van der Waals surface area contributed by atoms with Crippen LogP contribution >= 0.6 is 0 Å². The van der Waals surface area contributed by atoms with Gasteiger partial charge in [0.15, 0.2) is 0 Å². The first-order valence-electron chi connectivity index (χ1n) is 5.05. The van der Waals surface area contributed by atoms with E-state index in [-0.39, 0.29) is 12.4 Å². The molecule has 0 bridgehead atoms. The summed E-state index contributed by atoms with van der Waals surface area (Å²) in [5.41, 5.74) is 7.05.